The average molecular weight is 295 g/mol. The van der Waals surface area contributed by atoms with Gasteiger partial charge in [0.15, 0.2) is 6.29 Å². The van der Waals surface area contributed by atoms with Gasteiger partial charge in [-0.25, -0.2) is 0 Å². The number of ether oxygens (including phenoxy) is 2. The highest BCUT2D eigenvalue weighted by molar-refractivity contribution is 6.33. The predicted molar refractivity (Wildman–Crippen MR) is 77.6 cm³/mol. The Kier molecular flexibility index (Phi) is 3.99. The molecule has 108 valence electrons. The van der Waals surface area contributed by atoms with Crippen LogP contribution in [-0.2, 0) is 4.74 Å². The molecule has 0 N–H and O–H groups in total. The molecule has 1 aromatic rings. The summed E-state index contributed by atoms with van der Waals surface area (Å²) in [6.07, 6.45) is 7.39. The predicted octanol–water partition coefficient (Wildman–Crippen LogP) is 4.02. The maximum Gasteiger partial charge on any atom is 0.155 e. The fourth-order valence-electron chi connectivity index (χ4n) is 3.37. The van der Waals surface area contributed by atoms with Crippen LogP contribution < -0.4 is 4.74 Å². The third kappa shape index (κ3) is 2.70. The van der Waals surface area contributed by atoms with Gasteiger partial charge in [-0.3, -0.25) is 4.79 Å². The maximum absolute atomic E-state index is 11.2. The fraction of sp³-hybridized carbons (Fsp3) is 0.562. The van der Waals surface area contributed by atoms with E-state index in [0.29, 0.717) is 16.3 Å². The standard InChI is InChI=1S/C16H19ClO3/c17-14-4-3-5-15(13(14)11-18)20-12-6-9-19-16(10-12)7-1-2-8-16/h3-5,11-12H,1-2,6-10H2. The fourth-order valence-corrected chi connectivity index (χ4v) is 3.58. The summed E-state index contributed by atoms with van der Waals surface area (Å²) in [7, 11) is 0. The summed E-state index contributed by atoms with van der Waals surface area (Å²) in [4.78, 5) is 11.2. The van der Waals surface area contributed by atoms with Crippen LogP contribution >= 0.6 is 11.6 Å². The molecule has 2 fully saturated rings. The number of benzene rings is 1. The molecule has 1 spiro atoms. The largest absolute Gasteiger partial charge is 0.489 e. The molecule has 3 rings (SSSR count). The molecular weight excluding hydrogens is 276 g/mol. The molecule has 0 bridgehead atoms. The van der Waals surface area contributed by atoms with Crippen molar-refractivity contribution < 1.29 is 14.3 Å². The molecule has 0 radical (unpaired) electrons. The van der Waals surface area contributed by atoms with E-state index in [0.717, 1.165) is 38.6 Å². The molecule has 3 nitrogen and oxygen atoms in total. The van der Waals surface area contributed by atoms with E-state index in [2.05, 4.69) is 0 Å². The first-order valence-corrected chi connectivity index (χ1v) is 7.65. The van der Waals surface area contributed by atoms with E-state index in [-0.39, 0.29) is 11.7 Å². The minimum atomic E-state index is 0.0167. The zero-order chi connectivity index (χ0) is 14.0. The first-order valence-electron chi connectivity index (χ1n) is 7.27. The van der Waals surface area contributed by atoms with E-state index in [9.17, 15) is 4.79 Å². The maximum atomic E-state index is 11.2. The lowest BCUT2D eigenvalue weighted by Crippen LogP contribution is -2.41. The van der Waals surface area contributed by atoms with Gasteiger partial charge in [-0.1, -0.05) is 30.5 Å². The van der Waals surface area contributed by atoms with Crippen LogP contribution in [-0.4, -0.2) is 24.6 Å². The lowest BCUT2D eigenvalue weighted by Gasteiger charge is -2.38. The summed E-state index contributed by atoms with van der Waals surface area (Å²) in [6, 6.07) is 5.34. The highest BCUT2D eigenvalue weighted by Crippen LogP contribution is 2.41. The highest BCUT2D eigenvalue weighted by atomic mass is 35.5. The third-order valence-corrected chi connectivity index (χ3v) is 4.72. The molecule has 4 heteroatoms. The van der Waals surface area contributed by atoms with Gasteiger partial charge in [-0.2, -0.15) is 0 Å². The van der Waals surface area contributed by atoms with E-state index < -0.39 is 0 Å². The number of hydrogen-bond donors (Lipinski definition) is 0. The molecule has 1 heterocycles. The van der Waals surface area contributed by atoms with Crippen molar-refractivity contribution >= 4 is 17.9 Å². The second-order valence-electron chi connectivity index (χ2n) is 5.74. The van der Waals surface area contributed by atoms with E-state index in [1.807, 2.05) is 12.1 Å². The Morgan fingerprint density at radius 1 is 1.35 bits per heavy atom. The zero-order valence-electron chi connectivity index (χ0n) is 11.4. The van der Waals surface area contributed by atoms with E-state index >= 15 is 0 Å². The van der Waals surface area contributed by atoms with E-state index in [1.165, 1.54) is 12.8 Å². The monoisotopic (exact) mass is 294 g/mol. The van der Waals surface area contributed by atoms with Gasteiger partial charge < -0.3 is 9.47 Å². The summed E-state index contributed by atoms with van der Waals surface area (Å²) in [5, 5.41) is 0.445. The Bertz CT molecular complexity index is 494. The van der Waals surface area contributed by atoms with Gasteiger partial charge in [-0.15, -0.1) is 0 Å². The molecule has 1 aliphatic carbocycles. The van der Waals surface area contributed by atoms with Crippen molar-refractivity contribution in [2.45, 2.75) is 50.2 Å². The summed E-state index contributed by atoms with van der Waals surface area (Å²) >= 11 is 6.03. The van der Waals surface area contributed by atoms with Crippen molar-refractivity contribution in [1.29, 1.82) is 0 Å². The van der Waals surface area contributed by atoms with E-state index in [4.69, 9.17) is 21.1 Å². The van der Waals surface area contributed by atoms with Crippen LogP contribution in [0.4, 0.5) is 0 Å². The van der Waals surface area contributed by atoms with Crippen molar-refractivity contribution in [1.82, 2.24) is 0 Å². The first-order chi connectivity index (χ1) is 9.72. The van der Waals surface area contributed by atoms with Crippen molar-refractivity contribution in [2.75, 3.05) is 6.61 Å². The zero-order valence-corrected chi connectivity index (χ0v) is 12.2. The van der Waals surface area contributed by atoms with Gasteiger partial charge in [-0.05, 0) is 25.0 Å². The Morgan fingerprint density at radius 3 is 2.90 bits per heavy atom. The van der Waals surface area contributed by atoms with Crippen LogP contribution in [0.2, 0.25) is 5.02 Å². The van der Waals surface area contributed by atoms with Gasteiger partial charge in [0.05, 0.1) is 22.8 Å². The van der Waals surface area contributed by atoms with Crippen LogP contribution in [0.5, 0.6) is 5.75 Å². The quantitative estimate of drug-likeness (QED) is 0.790. The van der Waals surface area contributed by atoms with Gasteiger partial charge in [0, 0.05) is 12.8 Å². The molecule has 1 saturated heterocycles. The van der Waals surface area contributed by atoms with Crippen molar-refractivity contribution in [3.63, 3.8) is 0 Å². The second kappa shape index (κ2) is 5.74. The minimum absolute atomic E-state index is 0.0167. The number of aldehydes is 1. The van der Waals surface area contributed by atoms with Crippen molar-refractivity contribution in [3.8, 4) is 5.75 Å². The number of hydrogen-bond acceptors (Lipinski definition) is 3. The third-order valence-electron chi connectivity index (χ3n) is 4.39. The van der Waals surface area contributed by atoms with Gasteiger partial charge in [0.1, 0.15) is 11.9 Å². The molecular formula is C16H19ClO3. The molecule has 1 aliphatic heterocycles. The van der Waals surface area contributed by atoms with Crippen LogP contribution in [0.15, 0.2) is 18.2 Å². The van der Waals surface area contributed by atoms with Crippen LogP contribution in [0, 0.1) is 0 Å². The molecule has 1 saturated carbocycles. The molecule has 20 heavy (non-hydrogen) atoms. The van der Waals surface area contributed by atoms with Crippen molar-refractivity contribution in [2.24, 2.45) is 0 Å². The Balaban J connectivity index is 1.74. The normalized spacial score (nSPS) is 24.8. The Hall–Kier alpha value is -1.06. The Labute approximate surface area is 124 Å². The van der Waals surface area contributed by atoms with Gasteiger partial charge >= 0.3 is 0 Å². The molecule has 2 aliphatic rings. The van der Waals surface area contributed by atoms with Crippen LogP contribution in [0.25, 0.3) is 0 Å². The van der Waals surface area contributed by atoms with Crippen molar-refractivity contribution in [3.05, 3.63) is 28.8 Å². The number of rotatable bonds is 3. The summed E-state index contributed by atoms with van der Waals surface area (Å²) in [6.45, 7) is 0.738. The number of halogens is 1. The lowest BCUT2D eigenvalue weighted by atomic mass is 9.90. The number of carbonyl (C=O) groups is 1. The smallest absolute Gasteiger partial charge is 0.155 e. The van der Waals surface area contributed by atoms with Gasteiger partial charge in [0.25, 0.3) is 0 Å². The summed E-state index contributed by atoms with van der Waals surface area (Å²) in [5.74, 6) is 0.590. The summed E-state index contributed by atoms with van der Waals surface area (Å²) in [5.41, 5.74) is 0.462. The average Bonchev–Trinajstić information content (AvgIpc) is 2.87. The Morgan fingerprint density at radius 2 is 2.15 bits per heavy atom. The first kappa shape index (κ1) is 13.9. The van der Waals surface area contributed by atoms with Gasteiger partial charge in [0.2, 0.25) is 0 Å². The molecule has 1 unspecified atom stereocenters. The van der Waals surface area contributed by atoms with Crippen LogP contribution in [0.1, 0.15) is 48.9 Å². The molecule has 0 amide bonds. The number of carbonyl (C=O) groups excluding carboxylic acids is 1. The second-order valence-corrected chi connectivity index (χ2v) is 6.15. The highest BCUT2D eigenvalue weighted by Gasteiger charge is 2.40. The molecule has 1 atom stereocenters. The van der Waals surface area contributed by atoms with E-state index in [1.54, 1.807) is 6.07 Å². The molecule has 0 aromatic heterocycles. The minimum Gasteiger partial charge on any atom is -0.489 e. The topological polar surface area (TPSA) is 35.5 Å². The summed E-state index contributed by atoms with van der Waals surface area (Å²) < 4.78 is 12.0. The lowest BCUT2D eigenvalue weighted by molar-refractivity contribution is -0.108. The SMILES string of the molecule is O=Cc1c(Cl)cccc1OC1CCOC2(CCCC2)C1. The van der Waals surface area contributed by atoms with Crippen LogP contribution in [0.3, 0.4) is 0 Å². The molecule has 1 aromatic carbocycles.